The SMILES string of the molecule is CC1(C)c2ccccc2-c2ccc(N(c3ccc(-c4cccc5sc6ccccc6c45)cc3)c3ccc4oc5cc6c(cc5c4c3)oc3cccc(-c4ccccc4)c36)cc21. The van der Waals surface area contributed by atoms with Gasteiger partial charge in [-0.2, -0.15) is 0 Å². The van der Waals surface area contributed by atoms with E-state index in [4.69, 9.17) is 8.83 Å². The number of fused-ring (bicyclic) bond motifs is 12. The van der Waals surface area contributed by atoms with Crippen LogP contribution >= 0.6 is 11.3 Å². The molecule has 0 aliphatic heterocycles. The summed E-state index contributed by atoms with van der Waals surface area (Å²) in [4.78, 5) is 2.40. The van der Waals surface area contributed by atoms with E-state index in [0.717, 1.165) is 72.1 Å². The number of nitrogens with zero attached hydrogens (tertiary/aromatic N) is 1. The van der Waals surface area contributed by atoms with Crippen LogP contribution in [0, 0.1) is 0 Å². The van der Waals surface area contributed by atoms with E-state index in [2.05, 4.69) is 207 Å². The molecule has 13 rings (SSSR count). The number of hydrogen-bond acceptors (Lipinski definition) is 4. The topological polar surface area (TPSA) is 29.5 Å². The Morgan fingerprint density at radius 1 is 0.377 bits per heavy atom. The molecule has 0 N–H and O–H groups in total. The molecule has 1 aliphatic rings. The summed E-state index contributed by atoms with van der Waals surface area (Å²) in [5.74, 6) is 0. The van der Waals surface area contributed by atoms with Crippen molar-refractivity contribution in [3.05, 3.63) is 199 Å². The summed E-state index contributed by atoms with van der Waals surface area (Å²) in [6, 6.07) is 68.1. The molecule has 3 heterocycles. The first-order valence-corrected chi connectivity index (χ1v) is 21.7. The molecule has 0 spiro atoms. The number of hydrogen-bond donors (Lipinski definition) is 0. The summed E-state index contributed by atoms with van der Waals surface area (Å²) in [6.07, 6.45) is 0. The molecule has 0 saturated heterocycles. The molecule has 9 aromatic carbocycles. The highest BCUT2D eigenvalue weighted by Gasteiger charge is 2.36. The quantitative estimate of drug-likeness (QED) is 0.174. The van der Waals surface area contributed by atoms with Crippen molar-refractivity contribution in [2.75, 3.05) is 4.90 Å². The van der Waals surface area contributed by atoms with Crippen molar-refractivity contribution in [3.8, 4) is 33.4 Å². The first kappa shape index (κ1) is 34.5. The van der Waals surface area contributed by atoms with Crippen LogP contribution in [0.5, 0.6) is 0 Å². The van der Waals surface area contributed by atoms with Gasteiger partial charge in [0.15, 0.2) is 0 Å². The van der Waals surface area contributed by atoms with Crippen LogP contribution in [-0.4, -0.2) is 0 Å². The van der Waals surface area contributed by atoms with Gasteiger partial charge in [-0.1, -0.05) is 129 Å². The van der Waals surface area contributed by atoms with E-state index in [1.54, 1.807) is 0 Å². The van der Waals surface area contributed by atoms with Crippen molar-refractivity contribution in [3.63, 3.8) is 0 Å². The lowest BCUT2D eigenvalue weighted by Gasteiger charge is -2.28. The van der Waals surface area contributed by atoms with Crippen molar-refractivity contribution in [2.45, 2.75) is 19.3 Å². The third kappa shape index (κ3) is 5.09. The van der Waals surface area contributed by atoms with E-state index in [1.807, 2.05) is 11.3 Å². The van der Waals surface area contributed by atoms with Crippen LogP contribution in [0.4, 0.5) is 17.1 Å². The molecule has 0 radical (unpaired) electrons. The highest BCUT2D eigenvalue weighted by atomic mass is 32.1. The number of furan rings is 2. The van der Waals surface area contributed by atoms with E-state index in [0.29, 0.717) is 0 Å². The molecule has 3 nitrogen and oxygen atoms in total. The van der Waals surface area contributed by atoms with Gasteiger partial charge in [-0.05, 0) is 117 Å². The van der Waals surface area contributed by atoms with Gasteiger partial charge in [-0.15, -0.1) is 11.3 Å². The predicted molar refractivity (Wildman–Crippen MR) is 257 cm³/mol. The molecule has 12 aromatic rings. The summed E-state index contributed by atoms with van der Waals surface area (Å²) in [6.45, 7) is 4.70. The Bertz CT molecular complexity index is 3740. The van der Waals surface area contributed by atoms with Crippen molar-refractivity contribution < 1.29 is 8.83 Å². The van der Waals surface area contributed by atoms with Gasteiger partial charge in [0, 0.05) is 64.2 Å². The third-order valence-electron chi connectivity index (χ3n) is 13.1. The van der Waals surface area contributed by atoms with E-state index >= 15 is 0 Å². The second-order valence-electron chi connectivity index (χ2n) is 16.8. The molecule has 0 fully saturated rings. The van der Waals surface area contributed by atoms with Crippen molar-refractivity contribution in [1.82, 2.24) is 0 Å². The summed E-state index contributed by atoms with van der Waals surface area (Å²) >= 11 is 1.86. The van der Waals surface area contributed by atoms with Crippen molar-refractivity contribution in [1.29, 1.82) is 0 Å². The van der Waals surface area contributed by atoms with E-state index in [-0.39, 0.29) is 5.41 Å². The van der Waals surface area contributed by atoms with Gasteiger partial charge in [0.05, 0.1) is 0 Å². The molecule has 3 aromatic heterocycles. The Morgan fingerprint density at radius 3 is 1.87 bits per heavy atom. The minimum atomic E-state index is -0.136. The van der Waals surface area contributed by atoms with Gasteiger partial charge in [-0.3, -0.25) is 0 Å². The van der Waals surface area contributed by atoms with Gasteiger partial charge in [0.25, 0.3) is 0 Å². The zero-order valence-corrected chi connectivity index (χ0v) is 34.4. The molecular formula is C57H37NO2S. The van der Waals surface area contributed by atoms with Crippen LogP contribution in [0.15, 0.2) is 197 Å². The first-order chi connectivity index (χ1) is 30.0. The minimum Gasteiger partial charge on any atom is -0.456 e. The smallest absolute Gasteiger partial charge is 0.136 e. The second-order valence-corrected chi connectivity index (χ2v) is 17.9. The normalized spacial score (nSPS) is 13.2. The third-order valence-corrected chi connectivity index (χ3v) is 14.2. The maximum atomic E-state index is 6.66. The Labute approximate surface area is 356 Å². The van der Waals surface area contributed by atoms with Gasteiger partial charge in [-0.25, -0.2) is 0 Å². The highest BCUT2D eigenvalue weighted by molar-refractivity contribution is 7.25. The standard InChI is InChI=1S/C57H37NO2S/c1-57(2)47-18-8-6-14-41(47)42-28-26-38(31-48(42)57)58(36-24-22-35(23-25-36)40-17-11-21-54-56(40)43-15-7-9-20-53(43)61-54)37-27-29-49-44(30-37)45-32-52-46(33-51(45)59-49)55-39(16-10-19-50(55)60-52)34-12-4-3-5-13-34/h3-33H,1-2H3. The lowest BCUT2D eigenvalue weighted by Crippen LogP contribution is -2.16. The number of benzene rings is 9. The van der Waals surface area contributed by atoms with Crippen LogP contribution in [0.3, 0.4) is 0 Å². The van der Waals surface area contributed by atoms with Gasteiger partial charge in [0.2, 0.25) is 0 Å². The van der Waals surface area contributed by atoms with E-state index < -0.39 is 0 Å². The zero-order chi connectivity index (χ0) is 40.4. The molecule has 61 heavy (non-hydrogen) atoms. The van der Waals surface area contributed by atoms with E-state index in [1.165, 1.54) is 53.6 Å². The van der Waals surface area contributed by atoms with Gasteiger partial charge >= 0.3 is 0 Å². The fourth-order valence-corrected chi connectivity index (χ4v) is 11.3. The van der Waals surface area contributed by atoms with Crippen LogP contribution in [0.2, 0.25) is 0 Å². The predicted octanol–water partition coefficient (Wildman–Crippen LogP) is 17.0. The first-order valence-electron chi connectivity index (χ1n) is 20.9. The monoisotopic (exact) mass is 799 g/mol. The summed E-state index contributed by atoms with van der Waals surface area (Å²) < 4.78 is 15.9. The van der Waals surface area contributed by atoms with E-state index in [9.17, 15) is 0 Å². The zero-order valence-electron chi connectivity index (χ0n) is 33.6. The number of rotatable bonds is 5. The maximum absolute atomic E-state index is 6.66. The number of anilines is 3. The van der Waals surface area contributed by atoms with Crippen LogP contribution < -0.4 is 4.90 Å². The largest absolute Gasteiger partial charge is 0.456 e. The minimum absolute atomic E-state index is 0.136. The molecule has 0 saturated carbocycles. The van der Waals surface area contributed by atoms with Crippen LogP contribution in [0.1, 0.15) is 25.0 Å². The second kappa shape index (κ2) is 12.8. The fraction of sp³-hybridized carbons (Fsp3) is 0.0526. The molecule has 288 valence electrons. The van der Waals surface area contributed by atoms with Gasteiger partial charge < -0.3 is 13.7 Å². The van der Waals surface area contributed by atoms with Crippen molar-refractivity contribution in [2.24, 2.45) is 0 Å². The maximum Gasteiger partial charge on any atom is 0.136 e. The average Bonchev–Trinajstić information content (AvgIpc) is 4.04. The fourth-order valence-electron chi connectivity index (χ4n) is 10.2. The molecule has 1 aliphatic carbocycles. The lowest BCUT2D eigenvalue weighted by atomic mass is 9.82. The summed E-state index contributed by atoms with van der Waals surface area (Å²) in [5.41, 5.74) is 16.6. The van der Waals surface area contributed by atoms with Crippen molar-refractivity contribution >= 4 is 92.4 Å². The Balaban J connectivity index is 0.984. The molecule has 0 unspecified atom stereocenters. The highest BCUT2D eigenvalue weighted by Crippen LogP contribution is 2.51. The Morgan fingerprint density at radius 2 is 0.984 bits per heavy atom. The molecule has 0 amide bonds. The van der Waals surface area contributed by atoms with Crippen LogP contribution in [0.25, 0.3) is 97.4 Å². The lowest BCUT2D eigenvalue weighted by molar-refractivity contribution is 0.660. The average molecular weight is 800 g/mol. The van der Waals surface area contributed by atoms with Crippen LogP contribution in [-0.2, 0) is 5.41 Å². The molecule has 0 atom stereocenters. The summed E-state index contributed by atoms with van der Waals surface area (Å²) in [5, 5.41) is 6.86. The Hall–Kier alpha value is -7.40. The molecule has 0 bridgehead atoms. The Kier molecular flexibility index (Phi) is 7.23. The van der Waals surface area contributed by atoms with Gasteiger partial charge in [0.1, 0.15) is 22.3 Å². The number of thiophene rings is 1. The summed E-state index contributed by atoms with van der Waals surface area (Å²) in [7, 11) is 0. The molecular weight excluding hydrogens is 763 g/mol. The molecule has 4 heteroatoms.